The predicted molar refractivity (Wildman–Crippen MR) is 60.7 cm³/mol. The Hall–Kier alpha value is -0.730. The van der Waals surface area contributed by atoms with E-state index >= 15 is 0 Å². The molecule has 2 fully saturated rings. The molecular weight excluding hydrogens is 188 g/mol. The fraction of sp³-hybridized carbons (Fsp3) is 0.917. The van der Waals surface area contributed by atoms with E-state index in [4.69, 9.17) is 0 Å². The molecule has 0 spiro atoms. The van der Waals surface area contributed by atoms with E-state index in [0.29, 0.717) is 17.9 Å². The maximum Gasteiger partial charge on any atom is 0.317 e. The summed E-state index contributed by atoms with van der Waals surface area (Å²) in [4.78, 5) is 13.8. The molecule has 0 aromatic rings. The minimum absolute atomic E-state index is 0.169. The molecule has 1 atom stereocenters. The smallest absolute Gasteiger partial charge is 0.317 e. The van der Waals surface area contributed by atoms with Crippen LogP contribution >= 0.6 is 0 Å². The molecule has 1 saturated heterocycles. The predicted octanol–water partition coefficient (Wildman–Crippen LogP) is 2.23. The van der Waals surface area contributed by atoms with Crippen molar-refractivity contribution >= 4 is 6.03 Å². The Balaban J connectivity index is 1.76. The number of urea groups is 1. The van der Waals surface area contributed by atoms with Gasteiger partial charge in [0.05, 0.1) is 0 Å². The van der Waals surface area contributed by atoms with Crippen LogP contribution in [-0.2, 0) is 0 Å². The summed E-state index contributed by atoms with van der Waals surface area (Å²) in [5, 5.41) is 3.10. The fourth-order valence-electron chi connectivity index (χ4n) is 2.33. The molecule has 0 bridgehead atoms. The Morgan fingerprint density at radius 2 is 2.07 bits per heavy atom. The molecule has 1 aliphatic heterocycles. The van der Waals surface area contributed by atoms with Crippen LogP contribution < -0.4 is 5.32 Å². The summed E-state index contributed by atoms with van der Waals surface area (Å²) in [6, 6.07) is 0.637. The SMILES string of the molecule is CC(C)C1CCN(C(=O)NC2CCC2)C1. The van der Waals surface area contributed by atoms with Gasteiger partial charge in [-0.25, -0.2) is 4.79 Å². The normalized spacial score (nSPS) is 26.9. The monoisotopic (exact) mass is 210 g/mol. The second-order valence-corrected chi connectivity index (χ2v) is 5.32. The third-order valence-electron chi connectivity index (χ3n) is 3.89. The third-order valence-corrected chi connectivity index (χ3v) is 3.89. The van der Waals surface area contributed by atoms with Crippen LogP contribution in [0.4, 0.5) is 4.79 Å². The van der Waals surface area contributed by atoms with Crippen LogP contribution in [0.2, 0.25) is 0 Å². The van der Waals surface area contributed by atoms with Gasteiger partial charge in [-0.3, -0.25) is 0 Å². The van der Waals surface area contributed by atoms with Crippen molar-refractivity contribution in [2.45, 2.75) is 45.6 Å². The zero-order valence-electron chi connectivity index (χ0n) is 9.83. The molecular formula is C12H22N2O. The first-order valence-electron chi connectivity index (χ1n) is 6.22. The molecule has 1 aliphatic carbocycles. The topological polar surface area (TPSA) is 32.3 Å². The lowest BCUT2D eigenvalue weighted by Crippen LogP contribution is -2.46. The van der Waals surface area contributed by atoms with Crippen molar-refractivity contribution in [1.82, 2.24) is 10.2 Å². The van der Waals surface area contributed by atoms with E-state index in [2.05, 4.69) is 19.2 Å². The summed E-state index contributed by atoms with van der Waals surface area (Å²) in [7, 11) is 0. The number of amides is 2. The number of hydrogen-bond donors (Lipinski definition) is 1. The summed E-state index contributed by atoms with van der Waals surface area (Å²) in [5.74, 6) is 1.41. The molecule has 1 heterocycles. The Kier molecular flexibility index (Phi) is 3.17. The molecule has 1 unspecified atom stereocenters. The van der Waals surface area contributed by atoms with Crippen LogP contribution in [0.15, 0.2) is 0 Å². The van der Waals surface area contributed by atoms with Gasteiger partial charge >= 0.3 is 6.03 Å². The standard InChI is InChI=1S/C12H22N2O/c1-9(2)10-6-7-14(8-10)12(15)13-11-4-3-5-11/h9-11H,3-8H2,1-2H3,(H,13,15). The Morgan fingerprint density at radius 3 is 2.53 bits per heavy atom. The molecule has 1 N–H and O–H groups in total. The van der Waals surface area contributed by atoms with Gasteiger partial charge in [0.25, 0.3) is 0 Å². The van der Waals surface area contributed by atoms with Crippen molar-refractivity contribution in [3.05, 3.63) is 0 Å². The first-order valence-corrected chi connectivity index (χ1v) is 6.22. The average Bonchev–Trinajstić information content (AvgIpc) is 2.59. The lowest BCUT2D eigenvalue weighted by atomic mass is 9.93. The highest BCUT2D eigenvalue weighted by atomic mass is 16.2. The molecule has 0 aromatic carbocycles. The van der Waals surface area contributed by atoms with Gasteiger partial charge in [0.1, 0.15) is 0 Å². The minimum atomic E-state index is 0.169. The lowest BCUT2D eigenvalue weighted by Gasteiger charge is -2.29. The average molecular weight is 210 g/mol. The molecule has 15 heavy (non-hydrogen) atoms. The molecule has 2 amide bonds. The number of likely N-dealkylation sites (tertiary alicyclic amines) is 1. The summed E-state index contributed by atoms with van der Waals surface area (Å²) < 4.78 is 0. The quantitative estimate of drug-likeness (QED) is 0.744. The second-order valence-electron chi connectivity index (χ2n) is 5.32. The molecule has 3 heteroatoms. The van der Waals surface area contributed by atoms with Gasteiger partial charge in [-0.05, 0) is 37.5 Å². The molecule has 2 aliphatic rings. The summed E-state index contributed by atoms with van der Waals surface area (Å²) >= 11 is 0. The van der Waals surface area contributed by atoms with Gasteiger partial charge in [-0.15, -0.1) is 0 Å². The first-order chi connectivity index (χ1) is 7.16. The lowest BCUT2D eigenvalue weighted by molar-refractivity contribution is 0.193. The number of rotatable bonds is 2. The van der Waals surface area contributed by atoms with Crippen LogP contribution in [0.25, 0.3) is 0 Å². The summed E-state index contributed by atoms with van der Waals surface area (Å²) in [6.07, 6.45) is 4.80. The van der Waals surface area contributed by atoms with Crippen molar-refractivity contribution in [1.29, 1.82) is 0 Å². The van der Waals surface area contributed by atoms with Crippen LogP contribution in [0.1, 0.15) is 39.5 Å². The highest BCUT2D eigenvalue weighted by Crippen LogP contribution is 2.24. The first kappa shape index (κ1) is 10.8. The van der Waals surface area contributed by atoms with Crippen LogP contribution in [0.5, 0.6) is 0 Å². The summed E-state index contributed by atoms with van der Waals surface area (Å²) in [5.41, 5.74) is 0. The molecule has 1 saturated carbocycles. The molecule has 0 radical (unpaired) electrons. The van der Waals surface area contributed by atoms with Crippen molar-refractivity contribution in [3.63, 3.8) is 0 Å². The summed E-state index contributed by atoms with van der Waals surface area (Å²) in [6.45, 7) is 6.40. The van der Waals surface area contributed by atoms with Crippen LogP contribution in [-0.4, -0.2) is 30.1 Å². The van der Waals surface area contributed by atoms with E-state index in [1.54, 1.807) is 0 Å². The number of carbonyl (C=O) groups excluding carboxylic acids is 1. The van der Waals surface area contributed by atoms with E-state index in [9.17, 15) is 4.79 Å². The number of hydrogen-bond acceptors (Lipinski definition) is 1. The zero-order chi connectivity index (χ0) is 10.8. The van der Waals surface area contributed by atoms with Crippen LogP contribution in [0.3, 0.4) is 0 Å². The third kappa shape index (κ3) is 2.44. The van der Waals surface area contributed by atoms with Crippen molar-refractivity contribution in [2.75, 3.05) is 13.1 Å². The Labute approximate surface area is 92.2 Å². The Morgan fingerprint density at radius 1 is 1.33 bits per heavy atom. The fourth-order valence-corrected chi connectivity index (χ4v) is 2.33. The van der Waals surface area contributed by atoms with Crippen molar-refractivity contribution < 1.29 is 4.79 Å². The van der Waals surface area contributed by atoms with Gasteiger partial charge in [0, 0.05) is 19.1 Å². The van der Waals surface area contributed by atoms with E-state index in [0.717, 1.165) is 13.1 Å². The number of nitrogens with zero attached hydrogens (tertiary/aromatic N) is 1. The van der Waals surface area contributed by atoms with E-state index < -0.39 is 0 Å². The van der Waals surface area contributed by atoms with Gasteiger partial charge in [0.2, 0.25) is 0 Å². The maximum absolute atomic E-state index is 11.8. The maximum atomic E-state index is 11.8. The van der Waals surface area contributed by atoms with Gasteiger partial charge in [0.15, 0.2) is 0 Å². The second kappa shape index (κ2) is 4.42. The van der Waals surface area contributed by atoms with Gasteiger partial charge in [-0.1, -0.05) is 13.8 Å². The van der Waals surface area contributed by atoms with E-state index in [-0.39, 0.29) is 6.03 Å². The van der Waals surface area contributed by atoms with E-state index in [1.165, 1.54) is 25.7 Å². The van der Waals surface area contributed by atoms with Gasteiger partial charge in [-0.2, -0.15) is 0 Å². The molecule has 0 aromatic heterocycles. The minimum Gasteiger partial charge on any atom is -0.335 e. The van der Waals surface area contributed by atoms with E-state index in [1.807, 2.05) is 4.90 Å². The van der Waals surface area contributed by atoms with Gasteiger partial charge < -0.3 is 10.2 Å². The molecule has 86 valence electrons. The largest absolute Gasteiger partial charge is 0.335 e. The molecule has 2 rings (SSSR count). The number of nitrogens with one attached hydrogen (secondary N) is 1. The molecule has 3 nitrogen and oxygen atoms in total. The van der Waals surface area contributed by atoms with Crippen molar-refractivity contribution in [2.24, 2.45) is 11.8 Å². The van der Waals surface area contributed by atoms with Crippen molar-refractivity contribution in [3.8, 4) is 0 Å². The highest BCUT2D eigenvalue weighted by molar-refractivity contribution is 5.74. The highest BCUT2D eigenvalue weighted by Gasteiger charge is 2.29. The Bertz CT molecular complexity index is 236. The zero-order valence-corrected chi connectivity index (χ0v) is 9.83. The number of carbonyl (C=O) groups is 1. The van der Waals surface area contributed by atoms with Crippen LogP contribution in [0, 0.1) is 11.8 Å².